The zero-order chi connectivity index (χ0) is 29.4. The molecule has 0 unspecified atom stereocenters. The van der Waals surface area contributed by atoms with Gasteiger partial charge in [0.2, 0.25) is 5.95 Å². The Kier molecular flexibility index (Phi) is 9.48. The van der Waals surface area contributed by atoms with Gasteiger partial charge in [0.05, 0.1) is 42.7 Å². The number of rotatable bonds is 11. The van der Waals surface area contributed by atoms with Crippen molar-refractivity contribution in [1.82, 2.24) is 19.7 Å². The van der Waals surface area contributed by atoms with Gasteiger partial charge in [-0.25, -0.2) is 9.67 Å². The highest BCUT2D eigenvalue weighted by molar-refractivity contribution is 5.74. The van der Waals surface area contributed by atoms with Gasteiger partial charge in [-0.2, -0.15) is 23.3 Å². The summed E-state index contributed by atoms with van der Waals surface area (Å²) in [6.45, 7) is 1.82. The van der Waals surface area contributed by atoms with Crippen molar-refractivity contribution in [1.29, 1.82) is 0 Å². The molecule has 4 rings (SSSR count). The van der Waals surface area contributed by atoms with Crippen LogP contribution in [0.2, 0.25) is 0 Å². The molecule has 2 heterocycles. The fourth-order valence-corrected chi connectivity index (χ4v) is 4.03. The summed E-state index contributed by atoms with van der Waals surface area (Å²) >= 11 is 0. The van der Waals surface area contributed by atoms with Crippen LogP contribution in [-0.4, -0.2) is 54.7 Å². The maximum Gasteiger partial charge on any atom is 0.416 e. The van der Waals surface area contributed by atoms with Crippen LogP contribution < -0.4 is 5.32 Å². The predicted octanol–water partition coefficient (Wildman–Crippen LogP) is 5.17. The smallest absolute Gasteiger partial charge is 0.416 e. The number of carbonyl (C=O) groups excluding carboxylic acids is 1. The topological polar surface area (TPSA) is 122 Å². The third-order valence-corrected chi connectivity index (χ3v) is 5.87. The summed E-state index contributed by atoms with van der Waals surface area (Å²) in [5, 5.41) is 28.0. The lowest BCUT2D eigenvalue weighted by Crippen LogP contribution is -2.20. The molecule has 2 aromatic heterocycles. The standard InChI is InChI=1S/C29H28F3N5O4/c1-2-41-26(40)17-24(39)16-23(38)12-11-20-18-34-37(27(20)19-7-6-8-21(15-19)29(30,31)32)25-13-14-33-28(36-25)35-22-9-4-3-5-10-22/h3-15,18,23-24,38-39H,2,16-17H2,1H3,(H,33,35,36)/t23-,24-/m1/s1. The van der Waals surface area contributed by atoms with E-state index in [0.29, 0.717) is 5.56 Å². The molecule has 12 heteroatoms. The van der Waals surface area contributed by atoms with E-state index < -0.39 is 29.9 Å². The van der Waals surface area contributed by atoms with Crippen molar-refractivity contribution in [2.75, 3.05) is 11.9 Å². The first-order valence-corrected chi connectivity index (χ1v) is 12.7. The number of anilines is 2. The van der Waals surface area contributed by atoms with Gasteiger partial charge in [-0.05, 0) is 31.2 Å². The number of aromatic nitrogens is 4. The number of nitrogens with zero attached hydrogens (tertiary/aromatic N) is 4. The number of esters is 1. The summed E-state index contributed by atoms with van der Waals surface area (Å²) in [7, 11) is 0. The third-order valence-electron chi connectivity index (χ3n) is 5.87. The lowest BCUT2D eigenvalue weighted by molar-refractivity contribution is -0.145. The molecule has 41 heavy (non-hydrogen) atoms. The first kappa shape index (κ1) is 29.4. The fraction of sp³-hybridized carbons (Fsp3) is 0.241. The minimum Gasteiger partial charge on any atom is -0.466 e. The van der Waals surface area contributed by atoms with Crippen LogP contribution in [-0.2, 0) is 15.7 Å². The van der Waals surface area contributed by atoms with Crippen LogP contribution >= 0.6 is 0 Å². The summed E-state index contributed by atoms with van der Waals surface area (Å²) in [5.41, 5.74) is 0.792. The molecule has 2 aromatic carbocycles. The fourth-order valence-electron chi connectivity index (χ4n) is 4.03. The third kappa shape index (κ3) is 7.99. The van der Waals surface area contributed by atoms with Gasteiger partial charge in [0.15, 0.2) is 5.82 Å². The van der Waals surface area contributed by atoms with E-state index in [2.05, 4.69) is 20.4 Å². The molecule has 0 saturated carbocycles. The Morgan fingerprint density at radius 2 is 1.90 bits per heavy atom. The number of benzene rings is 2. The summed E-state index contributed by atoms with van der Waals surface area (Å²) in [6, 6.07) is 15.6. The Hall–Kier alpha value is -4.55. The lowest BCUT2D eigenvalue weighted by Gasteiger charge is -2.13. The van der Waals surface area contributed by atoms with E-state index in [9.17, 15) is 28.2 Å². The van der Waals surface area contributed by atoms with Crippen LogP contribution in [0, 0.1) is 0 Å². The highest BCUT2D eigenvalue weighted by atomic mass is 19.4. The molecule has 0 fully saturated rings. The molecule has 0 radical (unpaired) electrons. The molecule has 0 amide bonds. The van der Waals surface area contributed by atoms with Gasteiger partial charge in [0.1, 0.15) is 0 Å². The van der Waals surface area contributed by atoms with Gasteiger partial charge in [-0.1, -0.05) is 42.5 Å². The van der Waals surface area contributed by atoms with E-state index >= 15 is 0 Å². The van der Waals surface area contributed by atoms with Crippen molar-refractivity contribution in [3.63, 3.8) is 0 Å². The number of hydrogen-bond acceptors (Lipinski definition) is 8. The zero-order valence-corrected chi connectivity index (χ0v) is 22.0. The number of ether oxygens (including phenoxy) is 1. The molecular weight excluding hydrogens is 539 g/mol. The number of hydrogen-bond donors (Lipinski definition) is 3. The number of alkyl halides is 3. The molecule has 2 atom stereocenters. The highest BCUT2D eigenvalue weighted by Crippen LogP contribution is 2.34. The molecular formula is C29H28F3N5O4. The molecule has 0 aliphatic heterocycles. The van der Waals surface area contributed by atoms with Gasteiger partial charge >= 0.3 is 12.1 Å². The normalized spacial score (nSPS) is 13.2. The van der Waals surface area contributed by atoms with Crippen LogP contribution in [0.25, 0.3) is 23.2 Å². The van der Waals surface area contributed by atoms with Crippen LogP contribution in [0.3, 0.4) is 0 Å². The Morgan fingerprint density at radius 3 is 2.63 bits per heavy atom. The quantitative estimate of drug-likeness (QED) is 0.212. The highest BCUT2D eigenvalue weighted by Gasteiger charge is 2.31. The Labute approximate surface area is 234 Å². The second-order valence-electron chi connectivity index (χ2n) is 8.99. The molecule has 3 N–H and O–H groups in total. The number of aliphatic hydroxyl groups excluding tert-OH is 2. The minimum absolute atomic E-state index is 0.150. The maximum absolute atomic E-state index is 13.6. The average molecular weight is 568 g/mol. The van der Waals surface area contributed by atoms with Crippen molar-refractivity contribution in [3.8, 4) is 17.1 Å². The SMILES string of the molecule is CCOC(=O)C[C@H](O)C[C@H](O)C=Cc1cnn(-c2ccnc(Nc3ccccc3)n2)c1-c1cccc(C(F)(F)F)c1. The van der Waals surface area contributed by atoms with E-state index in [1.807, 2.05) is 30.3 Å². The van der Waals surface area contributed by atoms with E-state index in [1.54, 1.807) is 13.0 Å². The van der Waals surface area contributed by atoms with Crippen LogP contribution in [0.5, 0.6) is 0 Å². The van der Waals surface area contributed by atoms with Crippen molar-refractivity contribution >= 4 is 23.7 Å². The number of carbonyl (C=O) groups is 1. The summed E-state index contributed by atoms with van der Waals surface area (Å²) in [5.74, 6) is -0.0477. The van der Waals surface area contributed by atoms with Gasteiger partial charge < -0.3 is 20.3 Å². The van der Waals surface area contributed by atoms with E-state index in [-0.39, 0.29) is 42.5 Å². The van der Waals surface area contributed by atoms with E-state index in [1.165, 1.54) is 41.4 Å². The van der Waals surface area contributed by atoms with Crippen molar-refractivity contribution < 1.29 is 32.9 Å². The molecule has 0 bridgehead atoms. The average Bonchev–Trinajstić information content (AvgIpc) is 3.36. The molecule has 0 saturated heterocycles. The van der Waals surface area contributed by atoms with Gasteiger partial charge in [0.25, 0.3) is 0 Å². The number of aliphatic hydroxyl groups is 2. The minimum atomic E-state index is -4.57. The lowest BCUT2D eigenvalue weighted by atomic mass is 10.0. The number of halogens is 3. The monoisotopic (exact) mass is 567 g/mol. The van der Waals surface area contributed by atoms with Crippen LogP contribution in [0.15, 0.2) is 79.1 Å². The summed E-state index contributed by atoms with van der Waals surface area (Å²) in [6.07, 6.45) is -1.50. The van der Waals surface area contributed by atoms with Gasteiger partial charge in [0, 0.05) is 35.5 Å². The molecule has 214 valence electrons. The first-order chi connectivity index (χ1) is 19.6. The van der Waals surface area contributed by atoms with Crippen molar-refractivity contribution in [2.24, 2.45) is 0 Å². The van der Waals surface area contributed by atoms with Crippen LogP contribution in [0.4, 0.5) is 24.8 Å². The van der Waals surface area contributed by atoms with Crippen molar-refractivity contribution in [2.45, 2.75) is 38.1 Å². The summed E-state index contributed by atoms with van der Waals surface area (Å²) < 4.78 is 46.8. The molecule has 9 nitrogen and oxygen atoms in total. The molecule has 0 spiro atoms. The Bertz CT molecular complexity index is 1490. The second-order valence-corrected chi connectivity index (χ2v) is 8.99. The Balaban J connectivity index is 1.68. The largest absolute Gasteiger partial charge is 0.466 e. The summed E-state index contributed by atoms with van der Waals surface area (Å²) in [4.78, 5) is 20.3. The number of nitrogens with one attached hydrogen (secondary N) is 1. The Morgan fingerprint density at radius 1 is 1.12 bits per heavy atom. The maximum atomic E-state index is 13.6. The van der Waals surface area contributed by atoms with Gasteiger partial charge in [-0.15, -0.1) is 0 Å². The molecule has 0 aliphatic carbocycles. The van der Waals surface area contributed by atoms with Crippen molar-refractivity contribution in [3.05, 3.63) is 90.3 Å². The zero-order valence-electron chi connectivity index (χ0n) is 22.0. The van der Waals surface area contributed by atoms with E-state index in [0.717, 1.165) is 17.8 Å². The second kappa shape index (κ2) is 13.2. The van der Waals surface area contributed by atoms with Gasteiger partial charge in [-0.3, -0.25) is 4.79 Å². The first-order valence-electron chi connectivity index (χ1n) is 12.7. The van der Waals surface area contributed by atoms with Crippen LogP contribution in [0.1, 0.15) is 30.9 Å². The predicted molar refractivity (Wildman–Crippen MR) is 146 cm³/mol. The molecule has 0 aliphatic rings. The molecule has 4 aromatic rings. The van der Waals surface area contributed by atoms with E-state index in [4.69, 9.17) is 4.74 Å². The number of para-hydroxylation sites is 1.